The third-order valence-corrected chi connectivity index (χ3v) is 5.90. The monoisotopic (exact) mass is 511 g/mol. The van der Waals surface area contributed by atoms with Crippen molar-refractivity contribution in [1.82, 2.24) is 14.9 Å². The van der Waals surface area contributed by atoms with Crippen LogP contribution in [0.2, 0.25) is 0 Å². The number of aromatic hydroxyl groups is 1. The Balaban J connectivity index is 2.27. The van der Waals surface area contributed by atoms with Gasteiger partial charge in [0.15, 0.2) is 12.0 Å². The maximum Gasteiger partial charge on any atom is 0.410 e. The predicted molar refractivity (Wildman–Crippen MR) is 132 cm³/mol. The van der Waals surface area contributed by atoms with Gasteiger partial charge in [0.2, 0.25) is 5.75 Å². The summed E-state index contributed by atoms with van der Waals surface area (Å²) >= 11 is 0. The van der Waals surface area contributed by atoms with Crippen LogP contribution < -0.4 is 5.56 Å². The second-order valence-corrected chi connectivity index (χ2v) is 10.9. The predicted octanol–water partition coefficient (Wildman–Crippen LogP) is 3.91. The molecule has 1 aromatic heterocycles. The number of hydrogen-bond acceptors (Lipinski definition) is 9. The number of nitrogens with one attached hydrogen (secondary N) is 1. The molecule has 0 bridgehead atoms. The van der Waals surface area contributed by atoms with E-state index in [2.05, 4.69) is 14.7 Å². The molecule has 2 atom stereocenters. The molecule has 36 heavy (non-hydrogen) atoms. The Kier molecular flexibility index (Phi) is 10.3. The number of esters is 1. The van der Waals surface area contributed by atoms with E-state index in [4.69, 9.17) is 14.2 Å². The van der Waals surface area contributed by atoms with Crippen LogP contribution in [0, 0.1) is 5.41 Å². The lowest BCUT2D eigenvalue weighted by atomic mass is 9.86. The molecule has 1 aromatic rings. The minimum Gasteiger partial charge on any atom is -0.501 e. The molecular formula is C25H41N3O8. The quantitative estimate of drug-likeness (QED) is 0.472. The second-order valence-electron chi connectivity index (χ2n) is 10.9. The van der Waals surface area contributed by atoms with E-state index in [1.165, 1.54) is 11.9 Å². The fraction of sp³-hybridized carbons (Fsp3) is 0.760. The maximum atomic E-state index is 12.9. The lowest BCUT2D eigenvalue weighted by Gasteiger charge is -2.33. The van der Waals surface area contributed by atoms with Gasteiger partial charge < -0.3 is 33.9 Å². The topological polar surface area (TPSA) is 140 Å². The van der Waals surface area contributed by atoms with Gasteiger partial charge in [0.1, 0.15) is 11.4 Å². The molecule has 1 aliphatic rings. The number of H-pyrrole nitrogens is 1. The normalized spacial score (nSPS) is 17.7. The van der Waals surface area contributed by atoms with Crippen molar-refractivity contribution >= 4 is 12.1 Å². The van der Waals surface area contributed by atoms with Gasteiger partial charge in [0.05, 0.1) is 19.8 Å². The summed E-state index contributed by atoms with van der Waals surface area (Å²) in [6, 6.07) is -0.759. The fourth-order valence-electron chi connectivity index (χ4n) is 3.79. The van der Waals surface area contributed by atoms with E-state index in [1.54, 1.807) is 20.8 Å². The molecule has 2 unspecified atom stereocenters. The van der Waals surface area contributed by atoms with Crippen molar-refractivity contribution in [1.29, 1.82) is 0 Å². The van der Waals surface area contributed by atoms with Gasteiger partial charge in [0, 0.05) is 13.7 Å². The van der Waals surface area contributed by atoms with Crippen molar-refractivity contribution in [3.05, 3.63) is 21.9 Å². The molecule has 0 aliphatic carbocycles. The van der Waals surface area contributed by atoms with E-state index in [-0.39, 0.29) is 17.5 Å². The summed E-state index contributed by atoms with van der Waals surface area (Å²) in [5.74, 6) is -1.77. The van der Waals surface area contributed by atoms with Crippen molar-refractivity contribution in [3.8, 4) is 5.75 Å². The van der Waals surface area contributed by atoms with Crippen LogP contribution in [0.5, 0.6) is 5.75 Å². The largest absolute Gasteiger partial charge is 0.501 e. The molecule has 2 N–H and O–H groups in total. The number of rotatable bonds is 9. The molecule has 2 rings (SSSR count). The van der Waals surface area contributed by atoms with Crippen LogP contribution in [0.3, 0.4) is 0 Å². The zero-order chi connectivity index (χ0) is 27.1. The molecule has 11 nitrogen and oxygen atoms in total. The molecule has 204 valence electrons. The Morgan fingerprint density at radius 3 is 2.56 bits per heavy atom. The molecule has 1 fully saturated rings. The SMILES string of the molecule is COC(=O)c1nc(C(CCC(C)(C)COC2CCCCCO2)N(C)C(=O)OC(C)(C)C)[nH]c(=O)c1O. The summed E-state index contributed by atoms with van der Waals surface area (Å²) in [6.07, 6.45) is 4.18. The standard InChI is InChI=1S/C25H41N3O8/c1-24(2,3)36-23(32)28(6)16(20-26-18(22(31)33-7)19(29)21(30)27-20)12-13-25(4,5)15-35-17-11-9-8-10-14-34-17/h16-17,29H,8-15H2,1-7H3,(H,26,27,30). The number of carbonyl (C=O) groups excluding carboxylic acids is 2. The lowest BCUT2D eigenvalue weighted by molar-refractivity contribution is -0.157. The third-order valence-electron chi connectivity index (χ3n) is 5.90. The van der Waals surface area contributed by atoms with Gasteiger partial charge in [-0.25, -0.2) is 14.6 Å². The zero-order valence-corrected chi connectivity index (χ0v) is 22.5. The molecule has 0 spiro atoms. The lowest BCUT2D eigenvalue weighted by Crippen LogP contribution is -2.38. The maximum absolute atomic E-state index is 12.9. The molecular weight excluding hydrogens is 470 g/mol. The molecule has 1 amide bonds. The molecule has 0 radical (unpaired) electrons. The summed E-state index contributed by atoms with van der Waals surface area (Å²) < 4.78 is 22.0. The van der Waals surface area contributed by atoms with Crippen LogP contribution in [0.1, 0.15) is 95.5 Å². The van der Waals surface area contributed by atoms with E-state index >= 15 is 0 Å². The fourth-order valence-corrected chi connectivity index (χ4v) is 3.79. The highest BCUT2D eigenvalue weighted by Gasteiger charge is 2.32. The zero-order valence-electron chi connectivity index (χ0n) is 22.5. The Morgan fingerprint density at radius 2 is 1.92 bits per heavy atom. The highest BCUT2D eigenvalue weighted by atomic mass is 16.7. The van der Waals surface area contributed by atoms with Gasteiger partial charge in [0.25, 0.3) is 5.56 Å². The van der Waals surface area contributed by atoms with Crippen LogP contribution >= 0.6 is 0 Å². The first-order chi connectivity index (χ1) is 16.7. The minimum absolute atomic E-state index is 0.0374. The Morgan fingerprint density at radius 1 is 1.22 bits per heavy atom. The van der Waals surface area contributed by atoms with Gasteiger partial charge in [-0.3, -0.25) is 4.79 Å². The molecule has 2 heterocycles. The number of aromatic amines is 1. The third kappa shape index (κ3) is 8.77. The number of methoxy groups -OCH3 is 1. The Bertz CT molecular complexity index is 946. The van der Waals surface area contributed by atoms with E-state index in [1.807, 2.05) is 13.8 Å². The number of nitrogens with zero attached hydrogens (tertiary/aromatic N) is 2. The number of hydrogen-bond donors (Lipinski definition) is 2. The highest BCUT2D eigenvalue weighted by molar-refractivity contribution is 5.89. The smallest absolute Gasteiger partial charge is 0.410 e. The number of carbonyl (C=O) groups is 2. The minimum atomic E-state index is -0.962. The number of amides is 1. The van der Waals surface area contributed by atoms with Crippen molar-refractivity contribution in [2.75, 3.05) is 27.4 Å². The summed E-state index contributed by atoms with van der Waals surface area (Å²) in [7, 11) is 2.65. The van der Waals surface area contributed by atoms with Crippen LogP contribution in [0.4, 0.5) is 4.79 Å². The van der Waals surface area contributed by atoms with E-state index in [9.17, 15) is 19.5 Å². The number of ether oxygens (including phenoxy) is 4. The van der Waals surface area contributed by atoms with Gasteiger partial charge in [-0.05, 0) is 58.3 Å². The second kappa shape index (κ2) is 12.5. The first-order valence-electron chi connectivity index (χ1n) is 12.3. The van der Waals surface area contributed by atoms with Crippen LogP contribution in [0.25, 0.3) is 0 Å². The van der Waals surface area contributed by atoms with Crippen LogP contribution in [-0.2, 0) is 18.9 Å². The molecule has 1 saturated heterocycles. The Hall–Kier alpha value is -2.66. The first-order valence-corrected chi connectivity index (χ1v) is 12.3. The van der Waals surface area contributed by atoms with Crippen molar-refractivity contribution < 1.29 is 33.6 Å². The van der Waals surface area contributed by atoms with Crippen molar-refractivity contribution in [2.45, 2.75) is 91.1 Å². The average Bonchev–Trinajstić information content (AvgIpc) is 3.07. The summed E-state index contributed by atoms with van der Waals surface area (Å²) in [5.41, 5.74) is -2.47. The van der Waals surface area contributed by atoms with E-state index < -0.39 is 40.7 Å². The van der Waals surface area contributed by atoms with Gasteiger partial charge in [-0.15, -0.1) is 0 Å². The summed E-state index contributed by atoms with van der Waals surface area (Å²) in [4.78, 5) is 45.4. The average molecular weight is 512 g/mol. The molecule has 0 saturated carbocycles. The van der Waals surface area contributed by atoms with E-state index in [0.29, 0.717) is 26.1 Å². The first kappa shape index (κ1) is 29.6. The van der Waals surface area contributed by atoms with Crippen LogP contribution in [0.15, 0.2) is 4.79 Å². The van der Waals surface area contributed by atoms with Crippen molar-refractivity contribution in [2.24, 2.45) is 5.41 Å². The number of aromatic nitrogens is 2. The van der Waals surface area contributed by atoms with Gasteiger partial charge >= 0.3 is 12.1 Å². The summed E-state index contributed by atoms with van der Waals surface area (Å²) in [6.45, 7) is 10.5. The van der Waals surface area contributed by atoms with Gasteiger partial charge in [-0.1, -0.05) is 20.3 Å². The van der Waals surface area contributed by atoms with Crippen LogP contribution in [-0.4, -0.2) is 71.3 Å². The van der Waals surface area contributed by atoms with Crippen molar-refractivity contribution in [3.63, 3.8) is 0 Å². The van der Waals surface area contributed by atoms with E-state index in [0.717, 1.165) is 32.8 Å². The molecule has 0 aromatic carbocycles. The van der Waals surface area contributed by atoms with Gasteiger partial charge in [-0.2, -0.15) is 0 Å². The molecule has 11 heteroatoms. The summed E-state index contributed by atoms with van der Waals surface area (Å²) in [5, 5.41) is 10.0. The Labute approximate surface area is 212 Å². The highest BCUT2D eigenvalue weighted by Crippen LogP contribution is 2.32. The molecule has 1 aliphatic heterocycles.